The van der Waals surface area contributed by atoms with E-state index in [1.54, 1.807) is 43.3 Å². The highest BCUT2D eigenvalue weighted by Crippen LogP contribution is 2.28. The van der Waals surface area contributed by atoms with Gasteiger partial charge in [0, 0.05) is 16.9 Å². The minimum absolute atomic E-state index is 0.0628. The second kappa shape index (κ2) is 10.9. The van der Waals surface area contributed by atoms with E-state index in [9.17, 15) is 14.0 Å². The quantitative estimate of drug-likeness (QED) is 0.371. The number of likely N-dealkylation sites (tertiary alicyclic amines) is 1. The maximum atomic E-state index is 13.6. The van der Waals surface area contributed by atoms with E-state index in [1.807, 2.05) is 4.57 Å². The molecule has 7 nitrogen and oxygen atoms in total. The van der Waals surface area contributed by atoms with Crippen LogP contribution in [0.5, 0.6) is 0 Å². The topological polar surface area (TPSA) is 80.1 Å². The van der Waals surface area contributed by atoms with Crippen molar-refractivity contribution in [3.05, 3.63) is 65.7 Å². The molecule has 34 heavy (non-hydrogen) atoms. The number of rotatable bonds is 8. The first-order chi connectivity index (χ1) is 16.4. The molecule has 1 saturated heterocycles. The van der Waals surface area contributed by atoms with Crippen LogP contribution in [0.3, 0.4) is 0 Å². The molecule has 1 aliphatic heterocycles. The maximum Gasteiger partial charge on any atom is 0.237 e. The molecule has 2 aromatic carbocycles. The number of amides is 1. The lowest BCUT2D eigenvalue weighted by Gasteiger charge is -2.26. The van der Waals surface area contributed by atoms with Crippen LogP contribution < -0.4 is 5.32 Å². The van der Waals surface area contributed by atoms with E-state index in [2.05, 4.69) is 20.4 Å². The van der Waals surface area contributed by atoms with E-state index in [4.69, 9.17) is 0 Å². The van der Waals surface area contributed by atoms with Gasteiger partial charge in [-0.05, 0) is 76.2 Å². The van der Waals surface area contributed by atoms with Gasteiger partial charge in [-0.15, -0.1) is 10.2 Å². The molecule has 0 saturated carbocycles. The molecule has 0 aliphatic carbocycles. The van der Waals surface area contributed by atoms with Gasteiger partial charge in [0.1, 0.15) is 5.82 Å². The second-order valence-electron chi connectivity index (χ2n) is 8.43. The van der Waals surface area contributed by atoms with E-state index in [1.165, 1.54) is 37.2 Å². The van der Waals surface area contributed by atoms with Crippen LogP contribution in [-0.2, 0) is 11.3 Å². The molecule has 1 aliphatic rings. The van der Waals surface area contributed by atoms with Gasteiger partial charge in [0.2, 0.25) is 5.91 Å². The lowest BCUT2D eigenvalue weighted by atomic mass is 10.1. The van der Waals surface area contributed by atoms with Crippen LogP contribution in [0.25, 0.3) is 5.69 Å². The summed E-state index contributed by atoms with van der Waals surface area (Å²) < 4.78 is 15.5. The molecule has 1 aromatic heterocycles. The van der Waals surface area contributed by atoms with Crippen molar-refractivity contribution in [2.75, 3.05) is 18.4 Å². The second-order valence-corrected chi connectivity index (χ2v) is 9.74. The number of hydrogen-bond acceptors (Lipinski definition) is 6. The number of nitrogens with zero attached hydrogens (tertiary/aromatic N) is 4. The number of benzene rings is 2. The molecule has 1 fully saturated rings. The van der Waals surface area contributed by atoms with E-state index in [0.29, 0.717) is 23.0 Å². The number of carbonyl (C=O) groups is 2. The van der Waals surface area contributed by atoms with Crippen molar-refractivity contribution in [1.29, 1.82) is 0 Å². The van der Waals surface area contributed by atoms with Gasteiger partial charge in [-0.2, -0.15) is 0 Å². The first kappa shape index (κ1) is 24.1. The average Bonchev–Trinajstić information content (AvgIpc) is 3.22. The van der Waals surface area contributed by atoms with Crippen LogP contribution >= 0.6 is 11.8 Å². The lowest BCUT2D eigenvalue weighted by Crippen LogP contribution is -2.30. The van der Waals surface area contributed by atoms with Crippen LogP contribution in [0, 0.1) is 5.82 Å². The van der Waals surface area contributed by atoms with Gasteiger partial charge in [-0.3, -0.25) is 19.1 Å². The summed E-state index contributed by atoms with van der Waals surface area (Å²) in [5.41, 5.74) is 1.86. The Balaban J connectivity index is 1.54. The Morgan fingerprint density at radius 2 is 1.82 bits per heavy atom. The molecule has 0 spiro atoms. The normalized spacial score (nSPS) is 15.1. The van der Waals surface area contributed by atoms with E-state index < -0.39 is 5.25 Å². The minimum atomic E-state index is -0.479. The molecule has 3 aromatic rings. The van der Waals surface area contributed by atoms with Crippen LogP contribution in [0.1, 0.15) is 49.3 Å². The molecule has 1 atom stereocenters. The summed E-state index contributed by atoms with van der Waals surface area (Å²) in [5.74, 6) is 0.172. The number of hydrogen-bond donors (Lipinski definition) is 1. The largest absolute Gasteiger partial charge is 0.325 e. The SMILES string of the molecule is CC(=O)c1cccc(NC(=O)C(C)Sc2nnc(CN3CCCCC3)n2-c2ccc(F)cc2)c1. The van der Waals surface area contributed by atoms with Gasteiger partial charge in [-0.1, -0.05) is 30.3 Å². The van der Waals surface area contributed by atoms with Crippen LogP contribution in [-0.4, -0.2) is 49.7 Å². The zero-order chi connectivity index (χ0) is 24.1. The maximum absolute atomic E-state index is 13.6. The van der Waals surface area contributed by atoms with Crippen LogP contribution in [0.4, 0.5) is 10.1 Å². The highest BCUT2D eigenvalue weighted by molar-refractivity contribution is 8.00. The fraction of sp³-hybridized carbons (Fsp3) is 0.360. The zero-order valence-electron chi connectivity index (χ0n) is 19.3. The molecule has 1 unspecified atom stereocenters. The first-order valence-electron chi connectivity index (χ1n) is 11.4. The summed E-state index contributed by atoms with van der Waals surface area (Å²) >= 11 is 1.29. The third-order valence-corrected chi connectivity index (χ3v) is 6.83. The Bertz CT molecular complexity index is 1160. The van der Waals surface area contributed by atoms with Crippen molar-refractivity contribution >= 4 is 29.1 Å². The van der Waals surface area contributed by atoms with Gasteiger partial charge < -0.3 is 5.32 Å². The Labute approximate surface area is 202 Å². The molecule has 4 rings (SSSR count). The van der Waals surface area contributed by atoms with Crippen molar-refractivity contribution in [2.24, 2.45) is 0 Å². The van der Waals surface area contributed by atoms with E-state index in [0.717, 1.165) is 37.4 Å². The van der Waals surface area contributed by atoms with Crippen molar-refractivity contribution in [1.82, 2.24) is 19.7 Å². The summed E-state index contributed by atoms with van der Waals surface area (Å²) in [5, 5.41) is 11.8. The molecule has 9 heteroatoms. The molecule has 178 valence electrons. The van der Waals surface area contributed by atoms with Crippen molar-refractivity contribution in [3.63, 3.8) is 0 Å². The van der Waals surface area contributed by atoms with E-state index >= 15 is 0 Å². The Morgan fingerprint density at radius 1 is 1.09 bits per heavy atom. The average molecular weight is 482 g/mol. The summed E-state index contributed by atoms with van der Waals surface area (Å²) in [4.78, 5) is 26.9. The number of Topliss-reactive ketones (excluding diaryl/α,β-unsaturated/α-hetero) is 1. The number of halogens is 1. The number of anilines is 1. The molecule has 1 amide bonds. The fourth-order valence-electron chi connectivity index (χ4n) is 3.92. The molecular weight excluding hydrogens is 453 g/mol. The number of ketones is 1. The number of carbonyl (C=O) groups excluding carboxylic acids is 2. The van der Waals surface area contributed by atoms with Gasteiger partial charge in [0.15, 0.2) is 16.8 Å². The third-order valence-electron chi connectivity index (χ3n) is 5.79. The molecule has 0 radical (unpaired) electrons. The lowest BCUT2D eigenvalue weighted by molar-refractivity contribution is -0.115. The van der Waals surface area contributed by atoms with Crippen LogP contribution in [0.15, 0.2) is 53.7 Å². The number of aromatic nitrogens is 3. The highest BCUT2D eigenvalue weighted by Gasteiger charge is 2.23. The van der Waals surface area contributed by atoms with Crippen molar-refractivity contribution in [2.45, 2.75) is 50.1 Å². The summed E-state index contributed by atoms with van der Waals surface area (Å²) in [7, 11) is 0. The number of thioether (sulfide) groups is 1. The summed E-state index contributed by atoms with van der Waals surface area (Å²) in [6.45, 7) is 5.95. The molecular formula is C25H28FN5O2S. The van der Waals surface area contributed by atoms with Gasteiger partial charge in [-0.25, -0.2) is 4.39 Å². The fourth-order valence-corrected chi connectivity index (χ4v) is 4.80. The number of nitrogens with one attached hydrogen (secondary N) is 1. The predicted molar refractivity (Wildman–Crippen MR) is 131 cm³/mol. The smallest absolute Gasteiger partial charge is 0.237 e. The standard InChI is InChI=1S/C25H28FN5O2S/c1-17(32)19-7-6-8-21(15-19)27-24(33)18(2)34-25-29-28-23(16-30-13-4-3-5-14-30)31(25)22-11-9-20(26)10-12-22/h6-12,15,18H,3-5,13-14,16H2,1-2H3,(H,27,33). The van der Waals surface area contributed by atoms with E-state index in [-0.39, 0.29) is 17.5 Å². The predicted octanol–water partition coefficient (Wildman–Crippen LogP) is 4.71. The Kier molecular flexibility index (Phi) is 7.74. The van der Waals surface area contributed by atoms with Gasteiger partial charge in [0.25, 0.3) is 0 Å². The molecule has 1 N–H and O–H groups in total. The van der Waals surface area contributed by atoms with Crippen LogP contribution in [0.2, 0.25) is 0 Å². The molecule has 0 bridgehead atoms. The monoisotopic (exact) mass is 481 g/mol. The minimum Gasteiger partial charge on any atom is -0.325 e. The number of piperidine rings is 1. The van der Waals surface area contributed by atoms with Gasteiger partial charge in [0.05, 0.1) is 11.8 Å². The summed E-state index contributed by atoms with van der Waals surface area (Å²) in [6.07, 6.45) is 3.56. The zero-order valence-corrected chi connectivity index (χ0v) is 20.1. The highest BCUT2D eigenvalue weighted by atomic mass is 32.2. The summed E-state index contributed by atoms with van der Waals surface area (Å²) in [6, 6.07) is 13.1. The Hall–Kier alpha value is -3.04. The van der Waals surface area contributed by atoms with Crippen molar-refractivity contribution < 1.29 is 14.0 Å². The molecule has 2 heterocycles. The van der Waals surface area contributed by atoms with Gasteiger partial charge >= 0.3 is 0 Å². The third kappa shape index (κ3) is 5.90. The van der Waals surface area contributed by atoms with Crippen molar-refractivity contribution in [3.8, 4) is 5.69 Å². The Morgan fingerprint density at radius 3 is 2.53 bits per heavy atom. The first-order valence-corrected chi connectivity index (χ1v) is 12.3.